The number of unbranched alkanes of at least 4 members (excludes halogenated alkanes) is 1. The smallest absolute Gasteiger partial charge is 0.333 e. The summed E-state index contributed by atoms with van der Waals surface area (Å²) in [7, 11) is 0. The molecule has 0 rings (SSSR count). The molecule has 0 heterocycles. The molecule has 0 atom stereocenters. The van der Waals surface area contributed by atoms with Crippen LogP contribution in [0.1, 0.15) is 33.1 Å². The van der Waals surface area contributed by atoms with Crippen molar-refractivity contribution >= 4 is 17.9 Å². The third kappa shape index (κ3) is 15.9. The number of rotatable bonds is 8. The number of aliphatic carboxylic acids is 1. The summed E-state index contributed by atoms with van der Waals surface area (Å²) in [6, 6.07) is 0. The molecule has 0 aromatic rings. The zero-order valence-electron chi connectivity index (χ0n) is 12.0. The molecule has 0 aliphatic heterocycles. The van der Waals surface area contributed by atoms with Gasteiger partial charge in [-0.05, 0) is 13.3 Å². The van der Waals surface area contributed by atoms with Crippen molar-refractivity contribution in [1.82, 2.24) is 0 Å². The Morgan fingerprint density at radius 3 is 2.20 bits per heavy atom. The number of carbonyl (C=O) groups excluding carboxylic acids is 2. The summed E-state index contributed by atoms with van der Waals surface area (Å²) in [5.41, 5.74) is 0.469. The van der Waals surface area contributed by atoms with E-state index in [0.29, 0.717) is 12.2 Å². The summed E-state index contributed by atoms with van der Waals surface area (Å²) in [5.74, 6) is -1.87. The topological polar surface area (TPSA) is 89.9 Å². The quantitative estimate of drug-likeness (QED) is 0.417. The molecule has 0 radical (unpaired) electrons. The number of esters is 2. The van der Waals surface area contributed by atoms with Gasteiger partial charge in [0.1, 0.15) is 6.61 Å². The van der Waals surface area contributed by atoms with Crippen LogP contribution < -0.4 is 0 Å². The molecular weight excluding hydrogens is 264 g/mol. The third-order valence-corrected chi connectivity index (χ3v) is 1.81. The minimum atomic E-state index is -0.989. The summed E-state index contributed by atoms with van der Waals surface area (Å²) in [5, 5.41) is 8.08. The lowest BCUT2D eigenvalue weighted by Gasteiger charge is -2.01. The Morgan fingerprint density at radius 2 is 1.80 bits per heavy atom. The van der Waals surface area contributed by atoms with Crippen molar-refractivity contribution in [3.05, 3.63) is 24.8 Å². The highest BCUT2D eigenvalue weighted by atomic mass is 16.5. The largest absolute Gasteiger partial charge is 0.481 e. The predicted molar refractivity (Wildman–Crippen MR) is 74.1 cm³/mol. The minimum absolute atomic E-state index is 0.0970. The predicted octanol–water partition coefficient (Wildman–Crippen LogP) is 2.10. The average molecular weight is 286 g/mol. The summed E-state index contributed by atoms with van der Waals surface area (Å²) in [6.45, 7) is 10.7. The van der Waals surface area contributed by atoms with Gasteiger partial charge in [0.15, 0.2) is 0 Å². The van der Waals surface area contributed by atoms with Gasteiger partial charge in [0.05, 0.1) is 13.0 Å². The lowest BCUT2D eigenvalue weighted by molar-refractivity contribution is -0.143. The molecule has 0 aromatic heterocycles. The zero-order valence-corrected chi connectivity index (χ0v) is 12.0. The maximum atomic E-state index is 10.7. The zero-order chi connectivity index (χ0) is 16.0. The van der Waals surface area contributed by atoms with E-state index >= 15 is 0 Å². The lowest BCUT2D eigenvalue weighted by Crippen LogP contribution is -2.06. The number of carboxylic acid groups (broad SMARTS) is 1. The van der Waals surface area contributed by atoms with E-state index in [9.17, 15) is 14.4 Å². The van der Waals surface area contributed by atoms with Crippen molar-refractivity contribution in [2.45, 2.75) is 33.1 Å². The van der Waals surface area contributed by atoms with Gasteiger partial charge in [-0.3, -0.25) is 4.79 Å². The Labute approximate surface area is 119 Å². The molecule has 0 fully saturated rings. The summed E-state index contributed by atoms with van der Waals surface area (Å²) >= 11 is 0. The average Bonchev–Trinajstić information content (AvgIpc) is 2.38. The number of hydrogen-bond donors (Lipinski definition) is 1. The Hall–Kier alpha value is -2.11. The maximum Gasteiger partial charge on any atom is 0.333 e. The summed E-state index contributed by atoms with van der Waals surface area (Å²) < 4.78 is 9.17. The number of carboxylic acids is 1. The Kier molecular flexibility index (Phi) is 13.5. The van der Waals surface area contributed by atoms with E-state index in [1.807, 2.05) is 0 Å². The minimum Gasteiger partial charge on any atom is -0.481 e. The van der Waals surface area contributed by atoms with Crippen LogP contribution >= 0.6 is 0 Å². The fraction of sp³-hybridized carbons (Fsp3) is 0.500. The fourth-order valence-corrected chi connectivity index (χ4v) is 0.730. The van der Waals surface area contributed by atoms with Crippen LogP contribution in [0, 0.1) is 0 Å². The molecular formula is C14H22O6. The number of hydrogen-bond acceptors (Lipinski definition) is 5. The van der Waals surface area contributed by atoms with Gasteiger partial charge in [0.2, 0.25) is 0 Å². The van der Waals surface area contributed by atoms with Crippen molar-refractivity contribution in [2.24, 2.45) is 0 Å². The Bertz CT molecular complexity index is 346. The van der Waals surface area contributed by atoms with E-state index < -0.39 is 11.9 Å². The molecule has 0 aliphatic rings. The van der Waals surface area contributed by atoms with Crippen LogP contribution in [0.2, 0.25) is 0 Å². The van der Waals surface area contributed by atoms with Gasteiger partial charge in [-0.1, -0.05) is 26.5 Å². The second-order valence-electron chi connectivity index (χ2n) is 3.79. The molecule has 20 heavy (non-hydrogen) atoms. The van der Waals surface area contributed by atoms with Crippen molar-refractivity contribution in [3.63, 3.8) is 0 Å². The molecule has 1 N–H and O–H groups in total. The lowest BCUT2D eigenvalue weighted by atomic mass is 10.3. The van der Waals surface area contributed by atoms with Crippen LogP contribution in [0.4, 0.5) is 0 Å². The van der Waals surface area contributed by atoms with Gasteiger partial charge in [-0.25, -0.2) is 9.59 Å². The SMILES string of the molecule is C=C(C)C(=O)OCCCC.C=CC(=O)OCCC(=O)O. The first-order valence-corrected chi connectivity index (χ1v) is 6.18. The molecule has 0 saturated carbocycles. The molecule has 0 saturated heterocycles. The van der Waals surface area contributed by atoms with Gasteiger partial charge >= 0.3 is 17.9 Å². The Balaban J connectivity index is 0. The Morgan fingerprint density at radius 1 is 1.20 bits per heavy atom. The van der Waals surface area contributed by atoms with E-state index in [0.717, 1.165) is 18.9 Å². The van der Waals surface area contributed by atoms with Crippen LogP contribution in [0.15, 0.2) is 24.8 Å². The monoisotopic (exact) mass is 286 g/mol. The van der Waals surface area contributed by atoms with E-state index in [-0.39, 0.29) is 19.0 Å². The first-order valence-electron chi connectivity index (χ1n) is 6.18. The van der Waals surface area contributed by atoms with Crippen molar-refractivity contribution in [2.75, 3.05) is 13.2 Å². The first-order chi connectivity index (χ1) is 9.34. The molecule has 0 aliphatic carbocycles. The maximum absolute atomic E-state index is 10.7. The summed E-state index contributed by atoms with van der Waals surface area (Å²) in [4.78, 5) is 30.8. The molecule has 6 nitrogen and oxygen atoms in total. The normalized spacial score (nSPS) is 8.70. The van der Waals surface area contributed by atoms with E-state index in [1.54, 1.807) is 6.92 Å². The first kappa shape index (κ1) is 20.2. The molecule has 0 aromatic carbocycles. The van der Waals surface area contributed by atoms with Crippen molar-refractivity contribution < 1.29 is 29.0 Å². The van der Waals surface area contributed by atoms with E-state index in [4.69, 9.17) is 9.84 Å². The van der Waals surface area contributed by atoms with Gasteiger partial charge in [-0.15, -0.1) is 0 Å². The van der Waals surface area contributed by atoms with Crippen LogP contribution in [0.25, 0.3) is 0 Å². The third-order valence-electron chi connectivity index (χ3n) is 1.81. The standard InChI is InChI=1S/C8H14O2.C6H8O4/c1-4-5-6-10-8(9)7(2)3;1-2-6(9)10-4-3-5(7)8/h2,4-6H2,1,3H3;2H,1,3-4H2,(H,7,8). The molecule has 6 heteroatoms. The molecule has 0 bridgehead atoms. The van der Waals surface area contributed by atoms with E-state index in [2.05, 4.69) is 24.8 Å². The van der Waals surface area contributed by atoms with Crippen LogP contribution in [-0.2, 0) is 23.9 Å². The molecule has 0 amide bonds. The highest BCUT2D eigenvalue weighted by Crippen LogP contribution is 1.94. The summed E-state index contributed by atoms with van der Waals surface area (Å²) in [6.07, 6.45) is 2.80. The fourth-order valence-electron chi connectivity index (χ4n) is 0.730. The van der Waals surface area contributed by atoms with Crippen molar-refractivity contribution in [3.8, 4) is 0 Å². The second-order valence-corrected chi connectivity index (χ2v) is 3.79. The van der Waals surface area contributed by atoms with Gasteiger partial charge in [0.25, 0.3) is 0 Å². The van der Waals surface area contributed by atoms with E-state index in [1.165, 1.54) is 0 Å². The molecule has 114 valence electrons. The van der Waals surface area contributed by atoms with Crippen LogP contribution in [0.5, 0.6) is 0 Å². The number of carbonyl (C=O) groups is 3. The van der Waals surface area contributed by atoms with Gasteiger partial charge in [0, 0.05) is 11.6 Å². The molecule has 0 unspecified atom stereocenters. The highest BCUT2D eigenvalue weighted by Gasteiger charge is 2.00. The van der Waals surface area contributed by atoms with Gasteiger partial charge < -0.3 is 14.6 Å². The van der Waals surface area contributed by atoms with Crippen molar-refractivity contribution in [1.29, 1.82) is 0 Å². The highest BCUT2D eigenvalue weighted by molar-refractivity contribution is 5.86. The number of ether oxygens (including phenoxy) is 2. The van der Waals surface area contributed by atoms with Crippen LogP contribution in [-0.4, -0.2) is 36.2 Å². The van der Waals surface area contributed by atoms with Crippen LogP contribution in [0.3, 0.4) is 0 Å². The molecule has 0 spiro atoms. The second kappa shape index (κ2) is 13.3. The van der Waals surface area contributed by atoms with Gasteiger partial charge in [-0.2, -0.15) is 0 Å².